The maximum Gasteiger partial charge on any atom is 0.419 e. The fourth-order valence-electron chi connectivity index (χ4n) is 3.49. The van der Waals surface area contributed by atoms with E-state index >= 15 is 0 Å². The summed E-state index contributed by atoms with van der Waals surface area (Å²) >= 11 is 0. The highest BCUT2D eigenvalue weighted by Gasteiger charge is 2.34. The van der Waals surface area contributed by atoms with Crippen molar-refractivity contribution in [2.75, 3.05) is 49.8 Å². The second kappa shape index (κ2) is 12.6. The van der Waals surface area contributed by atoms with Gasteiger partial charge in [-0.2, -0.15) is 13.2 Å². The number of rotatable bonds is 10. The Morgan fingerprint density at radius 2 is 1.88 bits per heavy atom. The minimum atomic E-state index is -4.91. The molecule has 40 heavy (non-hydrogen) atoms. The maximum absolute atomic E-state index is 13.6. The molecule has 0 atom stereocenters. The Kier molecular flexibility index (Phi) is 9.43. The zero-order valence-corrected chi connectivity index (χ0v) is 22.5. The molecule has 3 aromatic rings. The fraction of sp³-hybridized carbons (Fsp3) is 0.259. The number of aromatic nitrogens is 2. The van der Waals surface area contributed by atoms with Gasteiger partial charge in [0.2, 0.25) is 5.95 Å². The number of aliphatic imine (C=N–C) groups is 1. The summed E-state index contributed by atoms with van der Waals surface area (Å²) in [6, 6.07) is 6.78. The maximum atomic E-state index is 13.6. The van der Waals surface area contributed by atoms with Crippen molar-refractivity contribution in [2.45, 2.75) is 13.1 Å². The van der Waals surface area contributed by atoms with Gasteiger partial charge in [-0.15, -0.1) is 0 Å². The quantitative estimate of drug-likeness (QED) is 0.186. The van der Waals surface area contributed by atoms with Crippen molar-refractivity contribution < 1.29 is 22.4 Å². The zero-order valence-electron chi connectivity index (χ0n) is 22.5. The molecule has 13 heteroatoms. The zero-order chi connectivity index (χ0) is 29.6. The topological polar surface area (TPSA) is 112 Å². The fourth-order valence-corrected chi connectivity index (χ4v) is 3.49. The lowest BCUT2D eigenvalue weighted by Crippen LogP contribution is -2.30. The largest absolute Gasteiger partial charge is 0.419 e. The summed E-state index contributed by atoms with van der Waals surface area (Å²) in [6.07, 6.45) is -1.90. The van der Waals surface area contributed by atoms with Crippen molar-refractivity contribution in [1.82, 2.24) is 14.9 Å². The van der Waals surface area contributed by atoms with E-state index in [1.165, 1.54) is 18.3 Å². The van der Waals surface area contributed by atoms with Crippen LogP contribution in [0, 0.1) is 12.7 Å². The number of nitrogens with zero attached hydrogens (tertiary/aromatic N) is 5. The molecule has 212 valence electrons. The summed E-state index contributed by atoms with van der Waals surface area (Å²) in [5.41, 5.74) is 6.55. The number of benzene rings is 2. The van der Waals surface area contributed by atoms with Gasteiger partial charge in [0, 0.05) is 31.4 Å². The molecule has 0 aliphatic heterocycles. The number of amidine groups is 1. The molecule has 0 saturated carbocycles. The Balaban J connectivity index is 1.92. The van der Waals surface area contributed by atoms with Crippen LogP contribution >= 0.6 is 0 Å². The average Bonchev–Trinajstić information content (AvgIpc) is 2.89. The van der Waals surface area contributed by atoms with E-state index in [-0.39, 0.29) is 17.1 Å². The first kappa shape index (κ1) is 30.0. The van der Waals surface area contributed by atoms with Crippen molar-refractivity contribution in [2.24, 2.45) is 10.7 Å². The van der Waals surface area contributed by atoms with Crippen LogP contribution in [0.1, 0.15) is 27.2 Å². The summed E-state index contributed by atoms with van der Waals surface area (Å²) in [6.45, 7) is 6.85. The number of anilines is 3. The van der Waals surface area contributed by atoms with E-state index in [0.29, 0.717) is 47.3 Å². The third kappa shape index (κ3) is 7.53. The molecule has 3 rings (SSSR count). The number of amides is 1. The number of nitrogens with two attached hydrogens (primary N) is 1. The lowest BCUT2D eigenvalue weighted by atomic mass is 10.1. The van der Waals surface area contributed by atoms with Crippen LogP contribution < -0.4 is 21.3 Å². The normalized spacial score (nSPS) is 11.9. The predicted octanol–water partition coefficient (Wildman–Crippen LogP) is 4.79. The van der Waals surface area contributed by atoms with E-state index in [9.17, 15) is 22.4 Å². The highest BCUT2D eigenvalue weighted by atomic mass is 19.4. The first-order valence-corrected chi connectivity index (χ1v) is 12.0. The molecule has 0 fully saturated rings. The van der Waals surface area contributed by atoms with Gasteiger partial charge < -0.3 is 26.2 Å². The van der Waals surface area contributed by atoms with Crippen LogP contribution in [0.25, 0.3) is 0 Å². The monoisotopic (exact) mass is 558 g/mol. The van der Waals surface area contributed by atoms with Crippen molar-refractivity contribution >= 4 is 34.8 Å². The SMILES string of the molecule is C=CNc1cnc(N(C)CCN(C)C)nc1C(N)=Nc1cc(C(=O)Nc2ccc(F)c(C(F)(F)F)c2)ccc1C. The number of nitrogens with one attached hydrogen (secondary N) is 2. The third-order valence-corrected chi connectivity index (χ3v) is 5.74. The van der Waals surface area contributed by atoms with Crippen LogP contribution in [0.15, 0.2) is 60.4 Å². The van der Waals surface area contributed by atoms with Crippen LogP contribution in [0.4, 0.5) is 40.6 Å². The molecule has 0 spiro atoms. The van der Waals surface area contributed by atoms with Gasteiger partial charge in [0.05, 0.1) is 23.1 Å². The number of hydrogen-bond acceptors (Lipinski definition) is 7. The number of alkyl halides is 3. The van der Waals surface area contributed by atoms with Crippen molar-refractivity contribution in [3.63, 3.8) is 0 Å². The van der Waals surface area contributed by atoms with Gasteiger partial charge in [0.25, 0.3) is 5.91 Å². The molecule has 9 nitrogen and oxygen atoms in total. The van der Waals surface area contributed by atoms with E-state index in [2.05, 4.69) is 32.2 Å². The molecule has 4 N–H and O–H groups in total. The van der Waals surface area contributed by atoms with Gasteiger partial charge in [0.1, 0.15) is 11.5 Å². The van der Waals surface area contributed by atoms with E-state index in [1.807, 2.05) is 30.9 Å². The molecular formula is C27H30F4N8O. The molecule has 1 amide bonds. The summed E-state index contributed by atoms with van der Waals surface area (Å²) in [5.74, 6) is -1.69. The number of carbonyl (C=O) groups is 1. The second-order valence-corrected chi connectivity index (χ2v) is 9.15. The summed E-state index contributed by atoms with van der Waals surface area (Å²) < 4.78 is 52.8. The summed E-state index contributed by atoms with van der Waals surface area (Å²) in [4.78, 5) is 30.1. The third-order valence-electron chi connectivity index (χ3n) is 5.74. The Bertz CT molecular complexity index is 1420. The van der Waals surface area contributed by atoms with Crippen LogP contribution in [0.2, 0.25) is 0 Å². The minimum absolute atomic E-state index is 0.0306. The van der Waals surface area contributed by atoms with E-state index in [4.69, 9.17) is 5.73 Å². The summed E-state index contributed by atoms with van der Waals surface area (Å²) in [5, 5.41) is 5.29. The molecule has 0 saturated heterocycles. The Hall–Kier alpha value is -4.52. The van der Waals surface area contributed by atoms with E-state index < -0.39 is 23.5 Å². The Labute approximate surface area is 229 Å². The number of likely N-dealkylation sites (N-methyl/N-ethyl adjacent to an activating group) is 2. The molecule has 0 radical (unpaired) electrons. The average molecular weight is 559 g/mol. The molecular weight excluding hydrogens is 528 g/mol. The summed E-state index contributed by atoms with van der Waals surface area (Å²) in [7, 11) is 5.76. The van der Waals surface area contributed by atoms with Crippen LogP contribution in [0.5, 0.6) is 0 Å². The standard InChI is InChI=1S/C27H30F4N8O/c1-6-33-22-15-34-26(39(5)12-11-38(3)4)37-23(22)24(32)36-21-13-17(8-7-16(21)2)25(40)35-18-9-10-20(28)19(14-18)27(29,30)31/h6-10,13-15,33H,1,11-12H2,2-5H3,(H2,32,36)(H,35,40). The van der Waals surface area contributed by atoms with Crippen molar-refractivity contribution in [3.8, 4) is 0 Å². The van der Waals surface area contributed by atoms with Gasteiger partial charge in [-0.1, -0.05) is 12.6 Å². The van der Waals surface area contributed by atoms with Crippen molar-refractivity contribution in [1.29, 1.82) is 0 Å². The molecule has 1 heterocycles. The van der Waals surface area contributed by atoms with Crippen LogP contribution in [-0.2, 0) is 6.18 Å². The van der Waals surface area contributed by atoms with E-state index in [1.54, 1.807) is 19.2 Å². The smallest absolute Gasteiger partial charge is 0.382 e. The van der Waals surface area contributed by atoms with E-state index in [0.717, 1.165) is 12.6 Å². The lowest BCUT2D eigenvalue weighted by molar-refractivity contribution is -0.139. The van der Waals surface area contributed by atoms with Gasteiger partial charge >= 0.3 is 6.18 Å². The predicted molar refractivity (Wildman–Crippen MR) is 149 cm³/mol. The first-order valence-electron chi connectivity index (χ1n) is 12.0. The molecule has 2 aromatic carbocycles. The minimum Gasteiger partial charge on any atom is -0.382 e. The lowest BCUT2D eigenvalue weighted by Gasteiger charge is -2.20. The van der Waals surface area contributed by atoms with Gasteiger partial charge in [-0.05, 0) is 63.1 Å². The number of halogens is 4. The number of carbonyl (C=O) groups excluding carboxylic acids is 1. The molecule has 0 aliphatic carbocycles. The van der Waals surface area contributed by atoms with Gasteiger partial charge in [0.15, 0.2) is 5.84 Å². The second-order valence-electron chi connectivity index (χ2n) is 9.15. The molecule has 0 aliphatic rings. The van der Waals surface area contributed by atoms with Crippen LogP contribution in [0.3, 0.4) is 0 Å². The van der Waals surface area contributed by atoms with Crippen molar-refractivity contribution in [3.05, 3.63) is 83.6 Å². The Morgan fingerprint density at radius 3 is 2.52 bits per heavy atom. The Morgan fingerprint density at radius 1 is 1.15 bits per heavy atom. The van der Waals surface area contributed by atoms with Gasteiger partial charge in [-0.25, -0.2) is 19.4 Å². The molecule has 1 aromatic heterocycles. The van der Waals surface area contributed by atoms with Gasteiger partial charge in [-0.3, -0.25) is 4.79 Å². The molecule has 0 unspecified atom stereocenters. The highest BCUT2D eigenvalue weighted by molar-refractivity contribution is 6.06. The number of aryl methyl sites for hydroxylation is 1. The van der Waals surface area contributed by atoms with Crippen LogP contribution in [-0.4, -0.2) is 60.8 Å². The first-order chi connectivity index (χ1) is 18.8. The molecule has 0 bridgehead atoms. The number of hydrogen-bond donors (Lipinski definition) is 3. The highest BCUT2D eigenvalue weighted by Crippen LogP contribution is 2.33.